The number of aryl methyl sites for hydroxylation is 2. The van der Waals surface area contributed by atoms with Crippen LogP contribution in [0.2, 0.25) is 0 Å². The summed E-state index contributed by atoms with van der Waals surface area (Å²) in [6, 6.07) is 8.38. The van der Waals surface area contributed by atoms with Crippen LogP contribution in [0, 0.1) is 6.92 Å². The van der Waals surface area contributed by atoms with Gasteiger partial charge in [-0.25, -0.2) is 4.98 Å². The van der Waals surface area contributed by atoms with Crippen molar-refractivity contribution in [3.63, 3.8) is 0 Å². The Labute approximate surface area is 119 Å². The van der Waals surface area contributed by atoms with Gasteiger partial charge in [0, 0.05) is 5.56 Å². The zero-order valence-corrected chi connectivity index (χ0v) is 12.8. The molecular formula is C16H21NOS. The van der Waals surface area contributed by atoms with E-state index in [0.717, 1.165) is 34.0 Å². The van der Waals surface area contributed by atoms with E-state index >= 15 is 0 Å². The third-order valence-corrected chi connectivity index (χ3v) is 4.50. The smallest absolute Gasteiger partial charge is 0.123 e. The fourth-order valence-electron chi connectivity index (χ4n) is 2.06. The normalized spacial score (nSPS) is 11.8. The van der Waals surface area contributed by atoms with Crippen molar-refractivity contribution in [2.24, 2.45) is 0 Å². The zero-order valence-electron chi connectivity index (χ0n) is 12.0. The summed E-state index contributed by atoms with van der Waals surface area (Å²) in [5.41, 5.74) is 2.60. The lowest BCUT2D eigenvalue weighted by Crippen LogP contribution is -2.15. The number of aromatic nitrogens is 1. The van der Waals surface area contributed by atoms with Gasteiger partial charge in [-0.2, -0.15) is 0 Å². The van der Waals surface area contributed by atoms with Crippen LogP contribution >= 0.6 is 11.3 Å². The molecule has 0 spiro atoms. The Balaban J connectivity index is 2.45. The Morgan fingerprint density at radius 2 is 1.84 bits per heavy atom. The maximum atomic E-state index is 10.3. The minimum atomic E-state index is -0.814. The molecule has 1 N–H and O–H groups in total. The highest BCUT2D eigenvalue weighted by Crippen LogP contribution is 2.35. The number of benzene rings is 1. The van der Waals surface area contributed by atoms with Gasteiger partial charge >= 0.3 is 0 Å². The molecule has 1 aromatic carbocycles. The van der Waals surface area contributed by atoms with E-state index in [1.54, 1.807) is 11.3 Å². The number of hydrogen-bond acceptors (Lipinski definition) is 3. The number of rotatable bonds is 4. The predicted octanol–water partition coefficient (Wildman–Crippen LogP) is 4.30. The van der Waals surface area contributed by atoms with Crippen molar-refractivity contribution in [3.8, 4) is 10.6 Å². The maximum absolute atomic E-state index is 10.3. The molecule has 2 rings (SSSR count). The molecule has 19 heavy (non-hydrogen) atoms. The molecule has 0 aliphatic carbocycles. The van der Waals surface area contributed by atoms with Crippen molar-refractivity contribution in [3.05, 3.63) is 40.4 Å². The van der Waals surface area contributed by atoms with Crippen molar-refractivity contribution >= 4 is 11.3 Å². The predicted molar refractivity (Wildman–Crippen MR) is 81.5 cm³/mol. The van der Waals surface area contributed by atoms with Crippen molar-refractivity contribution in [1.82, 2.24) is 4.98 Å². The second kappa shape index (κ2) is 5.43. The Hall–Kier alpha value is -1.19. The highest BCUT2D eigenvalue weighted by Gasteiger charge is 2.24. The lowest BCUT2D eigenvalue weighted by Gasteiger charge is -2.16. The Morgan fingerprint density at radius 3 is 2.37 bits per heavy atom. The summed E-state index contributed by atoms with van der Waals surface area (Å²) >= 11 is 1.60. The number of thiazole rings is 1. The molecule has 3 heteroatoms. The van der Waals surface area contributed by atoms with Crippen molar-refractivity contribution in [2.75, 3.05) is 0 Å². The SMILES string of the molecule is CCCc1nc(-c2ccc(C)cc2)sc1C(C)(C)O. The van der Waals surface area contributed by atoms with Crippen LogP contribution in [0.15, 0.2) is 24.3 Å². The van der Waals surface area contributed by atoms with Gasteiger partial charge in [0.2, 0.25) is 0 Å². The second-order valence-electron chi connectivity index (χ2n) is 5.47. The fourth-order valence-corrected chi connectivity index (χ4v) is 3.17. The average Bonchev–Trinajstić information content (AvgIpc) is 2.74. The number of aliphatic hydroxyl groups is 1. The lowest BCUT2D eigenvalue weighted by atomic mass is 10.0. The molecule has 1 heterocycles. The Kier molecular flexibility index (Phi) is 4.07. The molecule has 0 aliphatic heterocycles. The fraction of sp³-hybridized carbons (Fsp3) is 0.438. The van der Waals surface area contributed by atoms with Gasteiger partial charge in [0.05, 0.1) is 16.2 Å². The monoisotopic (exact) mass is 275 g/mol. The molecule has 2 aromatic rings. The van der Waals surface area contributed by atoms with E-state index in [1.807, 2.05) is 13.8 Å². The average molecular weight is 275 g/mol. The molecule has 0 atom stereocenters. The molecule has 0 radical (unpaired) electrons. The van der Waals surface area contributed by atoms with E-state index in [1.165, 1.54) is 5.56 Å². The molecule has 0 saturated heterocycles. The highest BCUT2D eigenvalue weighted by molar-refractivity contribution is 7.15. The minimum Gasteiger partial charge on any atom is -0.385 e. The summed E-state index contributed by atoms with van der Waals surface area (Å²) in [6.07, 6.45) is 1.96. The molecule has 0 unspecified atom stereocenters. The summed E-state index contributed by atoms with van der Waals surface area (Å²) in [6.45, 7) is 7.88. The van der Waals surface area contributed by atoms with Crippen LogP contribution in [0.3, 0.4) is 0 Å². The summed E-state index contributed by atoms with van der Waals surface area (Å²) in [7, 11) is 0. The summed E-state index contributed by atoms with van der Waals surface area (Å²) in [4.78, 5) is 5.72. The highest BCUT2D eigenvalue weighted by atomic mass is 32.1. The van der Waals surface area contributed by atoms with Crippen molar-refractivity contribution in [1.29, 1.82) is 0 Å². The van der Waals surface area contributed by atoms with Gasteiger partial charge in [0.15, 0.2) is 0 Å². The van der Waals surface area contributed by atoms with E-state index in [0.29, 0.717) is 0 Å². The Morgan fingerprint density at radius 1 is 1.21 bits per heavy atom. The third kappa shape index (κ3) is 3.23. The van der Waals surface area contributed by atoms with Crippen LogP contribution < -0.4 is 0 Å². The van der Waals surface area contributed by atoms with Crippen LogP contribution in [0.5, 0.6) is 0 Å². The Bertz CT molecular complexity index is 549. The van der Waals surface area contributed by atoms with Crippen LogP contribution in [-0.4, -0.2) is 10.1 Å². The van der Waals surface area contributed by atoms with E-state index in [4.69, 9.17) is 4.98 Å². The molecule has 102 valence electrons. The largest absolute Gasteiger partial charge is 0.385 e. The van der Waals surface area contributed by atoms with Gasteiger partial charge in [-0.1, -0.05) is 43.2 Å². The summed E-state index contributed by atoms with van der Waals surface area (Å²) in [5, 5.41) is 11.3. The zero-order chi connectivity index (χ0) is 14.0. The van der Waals surface area contributed by atoms with Gasteiger partial charge < -0.3 is 5.11 Å². The summed E-state index contributed by atoms with van der Waals surface area (Å²) < 4.78 is 0. The molecule has 0 aliphatic rings. The molecule has 1 aromatic heterocycles. The lowest BCUT2D eigenvalue weighted by molar-refractivity contribution is 0.0813. The molecular weight excluding hydrogens is 254 g/mol. The van der Waals surface area contributed by atoms with Gasteiger partial charge in [-0.05, 0) is 27.2 Å². The minimum absolute atomic E-state index is 0.814. The van der Waals surface area contributed by atoms with E-state index in [-0.39, 0.29) is 0 Å². The van der Waals surface area contributed by atoms with Crippen molar-refractivity contribution in [2.45, 2.75) is 46.1 Å². The molecule has 0 fully saturated rings. The van der Waals surface area contributed by atoms with E-state index in [2.05, 4.69) is 38.1 Å². The van der Waals surface area contributed by atoms with Crippen LogP contribution in [0.25, 0.3) is 10.6 Å². The molecule has 0 amide bonds. The van der Waals surface area contributed by atoms with Gasteiger partial charge in [-0.3, -0.25) is 0 Å². The first-order chi connectivity index (χ1) is 8.91. The molecule has 2 nitrogen and oxygen atoms in total. The molecule has 0 bridgehead atoms. The topological polar surface area (TPSA) is 33.1 Å². The molecule has 0 saturated carbocycles. The van der Waals surface area contributed by atoms with Gasteiger partial charge in [0.25, 0.3) is 0 Å². The standard InChI is InChI=1S/C16H21NOS/c1-5-6-13-14(16(3,4)18)19-15(17-13)12-9-7-11(2)8-10-12/h7-10,18H,5-6H2,1-4H3. The van der Waals surface area contributed by atoms with Crippen LogP contribution in [0.1, 0.15) is 43.3 Å². The second-order valence-corrected chi connectivity index (χ2v) is 6.47. The first-order valence-corrected chi connectivity index (χ1v) is 7.53. The van der Waals surface area contributed by atoms with Gasteiger partial charge in [-0.15, -0.1) is 11.3 Å². The van der Waals surface area contributed by atoms with Gasteiger partial charge in [0.1, 0.15) is 5.01 Å². The first-order valence-electron chi connectivity index (χ1n) is 6.71. The van der Waals surface area contributed by atoms with E-state index < -0.39 is 5.60 Å². The first kappa shape index (κ1) is 14.2. The van der Waals surface area contributed by atoms with E-state index in [9.17, 15) is 5.11 Å². The third-order valence-electron chi connectivity index (χ3n) is 3.04. The van der Waals surface area contributed by atoms with Crippen LogP contribution in [0.4, 0.5) is 0 Å². The maximum Gasteiger partial charge on any atom is 0.123 e. The number of nitrogens with zero attached hydrogens (tertiary/aromatic N) is 1. The quantitative estimate of drug-likeness (QED) is 0.902. The van der Waals surface area contributed by atoms with Crippen LogP contribution in [-0.2, 0) is 12.0 Å². The summed E-state index contributed by atoms with van der Waals surface area (Å²) in [5.74, 6) is 0. The number of hydrogen-bond donors (Lipinski definition) is 1. The van der Waals surface area contributed by atoms with Crippen molar-refractivity contribution < 1.29 is 5.11 Å².